The van der Waals surface area contributed by atoms with Crippen molar-refractivity contribution in [3.63, 3.8) is 0 Å². The number of rotatable bonds is 5. The number of piperazine rings is 1. The topological polar surface area (TPSA) is 46.4 Å². The van der Waals surface area contributed by atoms with Gasteiger partial charge in [-0.2, -0.15) is 5.10 Å². The van der Waals surface area contributed by atoms with Crippen LogP contribution in [0.4, 0.5) is 0 Å². The molecular weight excluding hydrogens is 314 g/mol. The summed E-state index contributed by atoms with van der Waals surface area (Å²) in [4.78, 5) is 9.67. The second-order valence-electron chi connectivity index (χ2n) is 7.35. The Bertz CT molecular complexity index is 715. The number of pyridine rings is 1. The predicted octanol–water partition coefficient (Wildman–Crippen LogP) is 1.60. The largest absolute Gasteiger partial charge is 0.371 e. The summed E-state index contributed by atoms with van der Waals surface area (Å²) in [5, 5.41) is 4.27. The third-order valence-electron chi connectivity index (χ3n) is 5.24. The van der Waals surface area contributed by atoms with Gasteiger partial charge in [-0.25, -0.2) is 0 Å². The van der Waals surface area contributed by atoms with Gasteiger partial charge in [-0.05, 0) is 25.5 Å². The average Bonchev–Trinajstić information content (AvgIpc) is 3.18. The number of hydrogen-bond acceptors (Lipinski definition) is 5. The number of nitrogens with zero attached hydrogens (tertiary/aromatic N) is 5. The summed E-state index contributed by atoms with van der Waals surface area (Å²) < 4.78 is 8.04. The van der Waals surface area contributed by atoms with Crippen molar-refractivity contribution in [1.29, 1.82) is 0 Å². The molecule has 2 aromatic rings. The van der Waals surface area contributed by atoms with Crippen LogP contribution in [0.1, 0.15) is 23.4 Å². The van der Waals surface area contributed by atoms with Gasteiger partial charge in [0, 0.05) is 63.3 Å². The van der Waals surface area contributed by atoms with Crippen LogP contribution in [0.15, 0.2) is 30.6 Å². The molecule has 0 bridgehead atoms. The molecule has 2 saturated heterocycles. The minimum Gasteiger partial charge on any atom is -0.371 e. The summed E-state index contributed by atoms with van der Waals surface area (Å²) in [7, 11) is 1.98. The van der Waals surface area contributed by atoms with Gasteiger partial charge in [0.15, 0.2) is 0 Å². The minimum absolute atomic E-state index is 0.325. The van der Waals surface area contributed by atoms with Crippen molar-refractivity contribution in [3.05, 3.63) is 47.5 Å². The highest BCUT2D eigenvalue weighted by atomic mass is 16.5. The zero-order valence-corrected chi connectivity index (χ0v) is 15.1. The Balaban J connectivity index is 1.28. The fourth-order valence-corrected chi connectivity index (χ4v) is 4.02. The van der Waals surface area contributed by atoms with E-state index in [4.69, 9.17) is 4.74 Å². The van der Waals surface area contributed by atoms with Crippen molar-refractivity contribution in [1.82, 2.24) is 24.6 Å². The number of fused-ring (bicyclic) bond motifs is 1. The first kappa shape index (κ1) is 16.7. The van der Waals surface area contributed by atoms with Gasteiger partial charge in [0.25, 0.3) is 0 Å². The van der Waals surface area contributed by atoms with Crippen molar-refractivity contribution < 1.29 is 4.74 Å². The molecule has 4 heterocycles. The smallest absolute Gasteiger partial charge is 0.0892 e. The number of aryl methyl sites for hydroxylation is 2. The molecule has 0 spiro atoms. The van der Waals surface area contributed by atoms with Gasteiger partial charge in [0.2, 0.25) is 0 Å². The molecule has 2 fully saturated rings. The molecule has 4 rings (SSSR count). The van der Waals surface area contributed by atoms with Gasteiger partial charge >= 0.3 is 0 Å². The molecule has 6 nitrogen and oxygen atoms in total. The van der Waals surface area contributed by atoms with Gasteiger partial charge in [0.05, 0.1) is 24.6 Å². The van der Waals surface area contributed by atoms with Crippen LogP contribution in [-0.4, -0.2) is 62.9 Å². The van der Waals surface area contributed by atoms with Crippen LogP contribution in [-0.2, 0) is 24.9 Å². The lowest BCUT2D eigenvalue weighted by atomic mass is 10.1. The lowest BCUT2D eigenvalue weighted by molar-refractivity contribution is 0.0439. The van der Waals surface area contributed by atoms with E-state index >= 15 is 0 Å². The van der Waals surface area contributed by atoms with E-state index in [0.717, 1.165) is 50.5 Å². The van der Waals surface area contributed by atoms with Gasteiger partial charge in [-0.1, -0.05) is 6.07 Å². The summed E-state index contributed by atoms with van der Waals surface area (Å²) in [5.41, 5.74) is 3.38. The summed E-state index contributed by atoms with van der Waals surface area (Å²) >= 11 is 0. The molecule has 0 radical (unpaired) electrons. The molecule has 0 aliphatic carbocycles. The highest BCUT2D eigenvalue weighted by Gasteiger charge is 2.36. The first-order chi connectivity index (χ1) is 12.2. The van der Waals surface area contributed by atoms with Crippen molar-refractivity contribution in [3.8, 4) is 0 Å². The molecule has 2 aliphatic rings. The average molecular weight is 341 g/mol. The molecule has 0 saturated carbocycles. The fraction of sp³-hybridized carbons (Fsp3) is 0.579. The third-order valence-corrected chi connectivity index (χ3v) is 5.24. The monoisotopic (exact) mass is 341 g/mol. The quantitative estimate of drug-likeness (QED) is 0.827. The molecule has 25 heavy (non-hydrogen) atoms. The Hall–Kier alpha value is -1.76. The molecule has 0 unspecified atom stereocenters. The summed E-state index contributed by atoms with van der Waals surface area (Å²) in [6, 6.07) is 6.73. The molecule has 2 atom stereocenters. The van der Waals surface area contributed by atoms with Crippen LogP contribution < -0.4 is 0 Å². The van der Waals surface area contributed by atoms with E-state index in [1.807, 2.05) is 37.0 Å². The highest BCUT2D eigenvalue weighted by Crippen LogP contribution is 2.25. The molecule has 0 aromatic carbocycles. The lowest BCUT2D eigenvalue weighted by Gasteiger charge is -2.37. The van der Waals surface area contributed by atoms with Crippen LogP contribution in [0.3, 0.4) is 0 Å². The molecular formula is C19H27N5O. The first-order valence-corrected chi connectivity index (χ1v) is 9.14. The second kappa shape index (κ2) is 7.23. The zero-order chi connectivity index (χ0) is 17.2. The fourth-order valence-electron chi connectivity index (χ4n) is 4.02. The van der Waals surface area contributed by atoms with Gasteiger partial charge in [-0.3, -0.25) is 19.5 Å². The van der Waals surface area contributed by atoms with E-state index in [9.17, 15) is 0 Å². The van der Waals surface area contributed by atoms with E-state index in [-0.39, 0.29) is 0 Å². The van der Waals surface area contributed by atoms with Crippen molar-refractivity contribution in [2.75, 3.05) is 26.2 Å². The molecule has 0 N–H and O–H groups in total. The van der Waals surface area contributed by atoms with Gasteiger partial charge in [0.1, 0.15) is 0 Å². The lowest BCUT2D eigenvalue weighted by Crippen LogP contribution is -2.49. The molecule has 2 aliphatic heterocycles. The van der Waals surface area contributed by atoms with Gasteiger partial charge < -0.3 is 4.74 Å². The van der Waals surface area contributed by atoms with E-state index in [1.54, 1.807) is 0 Å². The maximum atomic E-state index is 6.16. The maximum Gasteiger partial charge on any atom is 0.0892 e. The minimum atomic E-state index is 0.325. The van der Waals surface area contributed by atoms with Crippen molar-refractivity contribution >= 4 is 0 Å². The summed E-state index contributed by atoms with van der Waals surface area (Å²) in [6.45, 7) is 8.07. The number of aromatic nitrogens is 3. The summed E-state index contributed by atoms with van der Waals surface area (Å²) in [5.74, 6) is 0. The SMILES string of the molecule is Cc1cccc(CO[C@H]2C[C@H]3CN(Cc4cnn(C)c4)CCN3C2)n1. The third kappa shape index (κ3) is 4.08. The van der Waals surface area contributed by atoms with Crippen LogP contribution in [0.2, 0.25) is 0 Å². The van der Waals surface area contributed by atoms with Crippen LogP contribution >= 0.6 is 0 Å². The Kier molecular flexibility index (Phi) is 4.83. The van der Waals surface area contributed by atoms with Crippen molar-refractivity contribution in [2.24, 2.45) is 7.05 Å². The van der Waals surface area contributed by atoms with E-state index < -0.39 is 0 Å². The molecule has 2 aromatic heterocycles. The number of ether oxygens (including phenoxy) is 1. The van der Waals surface area contributed by atoms with Crippen LogP contribution in [0.25, 0.3) is 0 Å². The Morgan fingerprint density at radius 2 is 2.16 bits per heavy atom. The summed E-state index contributed by atoms with van der Waals surface area (Å²) in [6.07, 6.45) is 5.53. The molecule has 134 valence electrons. The standard InChI is InChI=1S/C19H27N5O/c1-15-4-3-5-17(21-15)14-25-19-8-18-12-23(6-7-24(18)13-19)11-16-9-20-22(2)10-16/h3-5,9-10,18-19H,6-8,11-14H2,1-2H3/t18-,19-/m0/s1. The zero-order valence-electron chi connectivity index (χ0n) is 15.1. The van der Waals surface area contributed by atoms with E-state index in [1.165, 1.54) is 5.56 Å². The normalized spacial score (nSPS) is 24.6. The van der Waals surface area contributed by atoms with E-state index in [0.29, 0.717) is 18.8 Å². The number of hydrogen-bond donors (Lipinski definition) is 0. The molecule has 0 amide bonds. The van der Waals surface area contributed by atoms with Crippen molar-refractivity contribution in [2.45, 2.75) is 38.6 Å². The first-order valence-electron chi connectivity index (χ1n) is 9.14. The van der Waals surface area contributed by atoms with Gasteiger partial charge in [-0.15, -0.1) is 0 Å². The Morgan fingerprint density at radius 3 is 2.96 bits per heavy atom. The molecule has 6 heteroatoms. The van der Waals surface area contributed by atoms with E-state index in [2.05, 4.69) is 32.1 Å². The predicted molar refractivity (Wildman–Crippen MR) is 96.0 cm³/mol. The Morgan fingerprint density at radius 1 is 1.24 bits per heavy atom. The maximum absolute atomic E-state index is 6.16. The Labute approximate surface area is 149 Å². The highest BCUT2D eigenvalue weighted by molar-refractivity contribution is 5.09. The second-order valence-corrected chi connectivity index (χ2v) is 7.35. The van der Waals surface area contributed by atoms with Crippen LogP contribution in [0.5, 0.6) is 0 Å². The van der Waals surface area contributed by atoms with Crippen LogP contribution in [0, 0.1) is 6.92 Å².